The molecule has 0 aliphatic carbocycles. The number of benzene rings is 3. The van der Waals surface area contributed by atoms with Crippen LogP contribution in [-0.4, -0.2) is 34.7 Å². The van der Waals surface area contributed by atoms with E-state index in [-0.39, 0.29) is 18.0 Å². The number of carbonyl (C=O) groups is 1. The van der Waals surface area contributed by atoms with Gasteiger partial charge in [0.1, 0.15) is 11.6 Å². The van der Waals surface area contributed by atoms with Crippen molar-refractivity contribution in [2.24, 2.45) is 0 Å². The fraction of sp³-hybridized carbons (Fsp3) is 0.160. The molecule has 0 saturated carbocycles. The maximum Gasteiger partial charge on any atom is 0.254 e. The lowest BCUT2D eigenvalue weighted by Crippen LogP contribution is -2.26. The van der Waals surface area contributed by atoms with E-state index in [2.05, 4.69) is 16.3 Å². The molecule has 6 nitrogen and oxygen atoms in total. The summed E-state index contributed by atoms with van der Waals surface area (Å²) in [6.45, 7) is 2.42. The van der Waals surface area contributed by atoms with Crippen molar-refractivity contribution in [3.63, 3.8) is 0 Å². The Morgan fingerprint density at radius 3 is 2.72 bits per heavy atom. The Labute approximate surface area is 184 Å². The van der Waals surface area contributed by atoms with E-state index in [0.29, 0.717) is 39.9 Å². The molecule has 0 fully saturated rings. The van der Waals surface area contributed by atoms with E-state index < -0.39 is 5.82 Å². The molecule has 160 valence electrons. The highest BCUT2D eigenvalue weighted by Gasteiger charge is 2.20. The highest BCUT2D eigenvalue weighted by Crippen LogP contribution is 2.34. The molecule has 0 atom stereocenters. The zero-order valence-electron chi connectivity index (χ0n) is 17.7. The summed E-state index contributed by atoms with van der Waals surface area (Å²) in [7, 11) is 1.64. The Kier molecular flexibility index (Phi) is 5.86. The molecular formula is C25H21FN4O2. The highest BCUT2D eigenvalue weighted by atomic mass is 19.1. The van der Waals surface area contributed by atoms with Crippen LogP contribution in [0.4, 0.5) is 4.39 Å². The minimum Gasteiger partial charge on any atom is -0.493 e. The van der Waals surface area contributed by atoms with Crippen molar-refractivity contribution in [3.8, 4) is 22.9 Å². The van der Waals surface area contributed by atoms with Crippen LogP contribution < -0.4 is 4.74 Å². The van der Waals surface area contributed by atoms with Crippen molar-refractivity contribution in [2.45, 2.75) is 13.5 Å². The Morgan fingerprint density at radius 1 is 1.22 bits per heavy atom. The molecule has 0 spiro atoms. The molecule has 32 heavy (non-hydrogen) atoms. The van der Waals surface area contributed by atoms with Crippen LogP contribution in [-0.2, 0) is 6.54 Å². The third-order valence-corrected chi connectivity index (χ3v) is 5.24. The van der Waals surface area contributed by atoms with E-state index >= 15 is 4.39 Å². The number of H-pyrrole nitrogens is 1. The highest BCUT2D eigenvalue weighted by molar-refractivity contribution is 5.96. The van der Waals surface area contributed by atoms with Crippen LogP contribution in [0.5, 0.6) is 5.75 Å². The fourth-order valence-electron chi connectivity index (χ4n) is 3.73. The van der Waals surface area contributed by atoms with Gasteiger partial charge in [0.25, 0.3) is 5.91 Å². The zero-order chi connectivity index (χ0) is 22.7. The largest absolute Gasteiger partial charge is 0.493 e. The second kappa shape index (κ2) is 8.90. The number of nitriles is 1. The van der Waals surface area contributed by atoms with Crippen molar-refractivity contribution >= 4 is 16.8 Å². The lowest BCUT2D eigenvalue weighted by Gasteiger charge is -2.20. The average Bonchev–Trinajstić information content (AvgIpc) is 3.30. The number of hydrogen-bond acceptors (Lipinski definition) is 4. The molecule has 0 unspecified atom stereocenters. The Hall–Kier alpha value is -4.18. The molecule has 1 heterocycles. The normalized spacial score (nSPS) is 10.7. The van der Waals surface area contributed by atoms with Crippen molar-refractivity contribution in [3.05, 3.63) is 83.3 Å². The predicted molar refractivity (Wildman–Crippen MR) is 120 cm³/mol. The lowest BCUT2D eigenvalue weighted by atomic mass is 10.0. The maximum atomic E-state index is 15.1. The number of fused-ring (bicyclic) bond motifs is 1. The number of nitrogens with one attached hydrogen (secondary N) is 1. The van der Waals surface area contributed by atoms with Gasteiger partial charge in [-0.3, -0.25) is 9.89 Å². The quantitative estimate of drug-likeness (QED) is 0.473. The summed E-state index contributed by atoms with van der Waals surface area (Å²) in [5.41, 5.74) is 3.22. The zero-order valence-corrected chi connectivity index (χ0v) is 17.7. The number of aromatic amines is 1. The van der Waals surface area contributed by atoms with Crippen LogP contribution in [0.1, 0.15) is 28.4 Å². The van der Waals surface area contributed by atoms with Gasteiger partial charge in [0.15, 0.2) is 0 Å². The molecule has 0 saturated heterocycles. The monoisotopic (exact) mass is 428 g/mol. The van der Waals surface area contributed by atoms with Gasteiger partial charge >= 0.3 is 0 Å². The molecule has 1 aromatic heterocycles. The molecule has 0 aliphatic heterocycles. The SMILES string of the molecule is CCOc1cc(C(=O)N(C)Cc2ccc(C#N)c3cn[nH]c23)cc(F)c1-c1ccccc1. The van der Waals surface area contributed by atoms with E-state index in [9.17, 15) is 10.1 Å². The van der Waals surface area contributed by atoms with Crippen LogP contribution in [0.2, 0.25) is 0 Å². The van der Waals surface area contributed by atoms with Crippen LogP contribution in [0, 0.1) is 17.1 Å². The third-order valence-electron chi connectivity index (χ3n) is 5.24. The summed E-state index contributed by atoms with van der Waals surface area (Å²) in [6, 6.07) is 17.6. The van der Waals surface area contributed by atoms with Crippen LogP contribution in [0.15, 0.2) is 60.8 Å². The summed E-state index contributed by atoms with van der Waals surface area (Å²) >= 11 is 0. The van der Waals surface area contributed by atoms with E-state index in [1.165, 1.54) is 11.0 Å². The average molecular weight is 428 g/mol. The molecule has 0 aliphatic rings. The number of amides is 1. The van der Waals surface area contributed by atoms with Gasteiger partial charge in [-0.2, -0.15) is 10.4 Å². The maximum absolute atomic E-state index is 15.1. The summed E-state index contributed by atoms with van der Waals surface area (Å²) in [5, 5.41) is 16.9. The van der Waals surface area contributed by atoms with Crippen molar-refractivity contribution in [2.75, 3.05) is 13.7 Å². The van der Waals surface area contributed by atoms with Gasteiger partial charge in [0.2, 0.25) is 0 Å². The summed E-state index contributed by atoms with van der Waals surface area (Å²) in [6.07, 6.45) is 1.59. The second-order valence-corrected chi connectivity index (χ2v) is 7.33. The fourth-order valence-corrected chi connectivity index (χ4v) is 3.73. The van der Waals surface area contributed by atoms with E-state index in [4.69, 9.17) is 4.74 Å². The number of halogens is 1. The first-order chi connectivity index (χ1) is 15.5. The molecule has 7 heteroatoms. The smallest absolute Gasteiger partial charge is 0.254 e. The Balaban J connectivity index is 1.66. The van der Waals surface area contributed by atoms with E-state index in [1.54, 1.807) is 43.6 Å². The summed E-state index contributed by atoms with van der Waals surface area (Å²) in [5.74, 6) is -0.542. The van der Waals surface area contributed by atoms with Crippen LogP contribution in [0.25, 0.3) is 22.0 Å². The standard InChI is InChI=1S/C25H21FN4O2/c1-3-32-22-12-19(11-21(26)23(22)16-7-5-4-6-8-16)25(31)30(2)15-18-10-9-17(13-27)20-14-28-29-24(18)20/h4-12,14H,3,15H2,1-2H3,(H,28,29). The number of nitrogens with zero attached hydrogens (tertiary/aromatic N) is 3. The third kappa shape index (κ3) is 3.91. The van der Waals surface area contributed by atoms with Crippen LogP contribution >= 0.6 is 0 Å². The number of rotatable bonds is 6. The van der Waals surface area contributed by atoms with Gasteiger partial charge in [0, 0.05) is 24.5 Å². The molecule has 0 bridgehead atoms. The topological polar surface area (TPSA) is 82.0 Å². The molecular weight excluding hydrogens is 407 g/mol. The van der Waals surface area contributed by atoms with E-state index in [0.717, 1.165) is 5.56 Å². The Bertz CT molecular complexity index is 1330. The molecule has 0 radical (unpaired) electrons. The number of ether oxygens (including phenoxy) is 1. The van der Waals surface area contributed by atoms with Gasteiger partial charge in [-0.1, -0.05) is 36.4 Å². The van der Waals surface area contributed by atoms with Crippen molar-refractivity contribution in [1.82, 2.24) is 15.1 Å². The summed E-state index contributed by atoms with van der Waals surface area (Å²) in [4.78, 5) is 14.6. The Morgan fingerprint density at radius 2 is 2.00 bits per heavy atom. The minimum absolute atomic E-state index is 0.197. The van der Waals surface area contributed by atoms with Crippen molar-refractivity contribution < 1.29 is 13.9 Å². The first-order valence-corrected chi connectivity index (χ1v) is 10.2. The molecule has 4 rings (SSSR count). The predicted octanol–water partition coefficient (Wildman–Crippen LogP) is 4.91. The molecule has 3 aromatic carbocycles. The molecule has 1 amide bonds. The van der Waals surface area contributed by atoms with Gasteiger partial charge in [0.05, 0.1) is 35.5 Å². The van der Waals surface area contributed by atoms with Gasteiger partial charge < -0.3 is 9.64 Å². The molecule has 1 N–H and O–H groups in total. The number of aromatic nitrogens is 2. The first-order valence-electron chi connectivity index (χ1n) is 10.2. The number of carbonyl (C=O) groups excluding carboxylic acids is 1. The first kappa shape index (κ1) is 21.1. The number of hydrogen-bond donors (Lipinski definition) is 1. The van der Waals surface area contributed by atoms with Gasteiger partial charge in [-0.15, -0.1) is 0 Å². The van der Waals surface area contributed by atoms with E-state index in [1.807, 2.05) is 25.1 Å². The van der Waals surface area contributed by atoms with Crippen LogP contribution in [0.3, 0.4) is 0 Å². The summed E-state index contributed by atoms with van der Waals surface area (Å²) < 4.78 is 20.8. The van der Waals surface area contributed by atoms with Gasteiger partial charge in [-0.25, -0.2) is 4.39 Å². The minimum atomic E-state index is -0.520. The van der Waals surface area contributed by atoms with Crippen molar-refractivity contribution in [1.29, 1.82) is 5.26 Å². The lowest BCUT2D eigenvalue weighted by molar-refractivity contribution is 0.0784. The molecule has 4 aromatic rings. The van der Waals surface area contributed by atoms with Gasteiger partial charge in [-0.05, 0) is 36.2 Å². The second-order valence-electron chi connectivity index (χ2n) is 7.33.